The van der Waals surface area contributed by atoms with E-state index >= 15 is 0 Å². The monoisotopic (exact) mass is 193 g/mol. The quantitative estimate of drug-likeness (QED) is 0.496. The molecule has 0 radical (unpaired) electrons. The van der Waals surface area contributed by atoms with E-state index in [2.05, 4.69) is 15.7 Å². The molecule has 0 atom stereocenters. The Balaban J connectivity index is 0. The van der Waals surface area contributed by atoms with Crippen LogP contribution < -0.4 is 0 Å². The normalized spacial score (nSPS) is 2.50. The first kappa shape index (κ1) is 8.83. The predicted octanol–water partition coefficient (Wildman–Crippen LogP) is -0.243. The van der Waals surface area contributed by atoms with E-state index in [-0.39, 0.29) is 0 Å². The van der Waals surface area contributed by atoms with Crippen LogP contribution in [0, 0.1) is 0 Å². The fourth-order valence-corrected chi connectivity index (χ4v) is 0. The van der Waals surface area contributed by atoms with Gasteiger partial charge in [-0.25, -0.2) is 0 Å². The number of rotatable bonds is 0. The molecule has 0 unspecified atom stereocenters. The second-order valence-corrected chi connectivity index (χ2v) is 0. The summed E-state index contributed by atoms with van der Waals surface area (Å²) in [5, 5.41) is 0. The van der Waals surface area contributed by atoms with Gasteiger partial charge in [0, 0.05) is 0 Å². The fraction of sp³-hybridized carbons (Fsp3) is 0. The van der Waals surface area contributed by atoms with E-state index < -0.39 is 0 Å². The van der Waals surface area contributed by atoms with Crippen molar-refractivity contribution in [3.63, 3.8) is 0 Å². The first-order valence-corrected chi connectivity index (χ1v) is 1.41. The van der Waals surface area contributed by atoms with Gasteiger partial charge in [0.05, 0.1) is 0 Å². The second kappa shape index (κ2) is 52.2. The van der Waals surface area contributed by atoms with Crippen molar-refractivity contribution >= 4 is 0 Å². The zero-order chi connectivity index (χ0) is 4.00. The average molecular weight is 192 g/mol. The summed E-state index contributed by atoms with van der Waals surface area (Å²) in [5.74, 6) is 0. The van der Waals surface area contributed by atoms with Crippen LogP contribution in [0.5, 0.6) is 0 Å². The van der Waals surface area contributed by atoms with Crippen molar-refractivity contribution in [2.45, 2.75) is 0 Å². The Morgan fingerprint density at radius 2 is 1.25 bits per heavy atom. The molecule has 0 aliphatic heterocycles. The van der Waals surface area contributed by atoms with Gasteiger partial charge in [-0.05, 0) is 0 Å². The van der Waals surface area contributed by atoms with Crippen molar-refractivity contribution in [3.8, 4) is 0 Å². The Kier molecular flexibility index (Phi) is 115. The Morgan fingerprint density at radius 3 is 1.25 bits per heavy atom. The molecule has 0 N–H and O–H groups in total. The van der Waals surface area contributed by atoms with Crippen LogP contribution in [-0.2, 0) is 41.4 Å². The van der Waals surface area contributed by atoms with E-state index in [0.717, 1.165) is 18.3 Å². The average Bonchev–Trinajstić information content (AvgIpc) is 1.50. The molecule has 4 heteroatoms. The van der Waals surface area contributed by atoms with Crippen LogP contribution in [-0.4, -0.2) is 0 Å². The molecule has 0 aliphatic carbocycles. The Morgan fingerprint density at radius 1 is 1.25 bits per heavy atom. The number of hydrogen-bond acceptors (Lipinski definition) is 2. The maximum absolute atomic E-state index is 8.18. The Bertz CT molecular complexity index is 8.00. The summed E-state index contributed by atoms with van der Waals surface area (Å²) >= 11 is 3.41. The summed E-state index contributed by atoms with van der Waals surface area (Å²) < 4.78 is 16.1. The SMILES string of the molecule is [O]=[Co].[O]=[Ru]. The van der Waals surface area contributed by atoms with Crippen LogP contribution >= 0.6 is 0 Å². The minimum absolute atomic E-state index is 1.10. The van der Waals surface area contributed by atoms with Gasteiger partial charge in [-0.3, -0.25) is 0 Å². The summed E-state index contributed by atoms with van der Waals surface area (Å²) in [6.07, 6.45) is 0. The van der Waals surface area contributed by atoms with Gasteiger partial charge in [-0.2, -0.15) is 0 Å². The summed E-state index contributed by atoms with van der Waals surface area (Å²) in [6.45, 7) is 0. The van der Waals surface area contributed by atoms with Gasteiger partial charge < -0.3 is 0 Å². The van der Waals surface area contributed by atoms with Gasteiger partial charge in [0.1, 0.15) is 0 Å². The molecule has 0 aromatic rings. The first-order chi connectivity index (χ1) is 2.00. The van der Waals surface area contributed by atoms with Crippen molar-refractivity contribution in [2.75, 3.05) is 0 Å². The molecule has 0 saturated carbocycles. The maximum atomic E-state index is 8.18. The molecule has 0 aliphatic rings. The van der Waals surface area contributed by atoms with Gasteiger partial charge in [0.2, 0.25) is 0 Å². The van der Waals surface area contributed by atoms with Gasteiger partial charge in [0.15, 0.2) is 0 Å². The first-order valence-electron chi connectivity index (χ1n) is 0.280. The van der Waals surface area contributed by atoms with Crippen LogP contribution in [0.25, 0.3) is 0 Å². The second-order valence-electron chi connectivity index (χ2n) is 0. The molecule has 0 amide bonds. The van der Waals surface area contributed by atoms with Crippen LogP contribution in [0.4, 0.5) is 0 Å². The Hall–Kier alpha value is 0.730. The molecule has 0 aromatic heterocycles. The van der Waals surface area contributed by atoms with Crippen LogP contribution in [0.3, 0.4) is 0 Å². The predicted molar refractivity (Wildman–Crippen MR) is 1.37 cm³/mol. The molecular formula is CoO2Ru. The molecule has 0 rings (SSSR count). The molecule has 0 spiro atoms. The van der Waals surface area contributed by atoms with E-state index in [4.69, 9.17) is 7.44 Å². The standard InChI is InChI=1S/Co.2O.Ru. The van der Waals surface area contributed by atoms with E-state index in [1.54, 1.807) is 0 Å². The summed E-state index contributed by atoms with van der Waals surface area (Å²) in [5.41, 5.74) is 0. The molecule has 0 bridgehead atoms. The molecule has 2 nitrogen and oxygen atoms in total. The number of hydrogen-bond donors (Lipinski definition) is 0. The molecule has 4 heavy (non-hydrogen) atoms. The van der Waals surface area contributed by atoms with Crippen molar-refractivity contribution in [2.24, 2.45) is 0 Å². The topological polar surface area (TPSA) is 34.1 Å². The van der Waals surface area contributed by atoms with Crippen molar-refractivity contribution < 1.29 is 41.4 Å². The summed E-state index contributed by atoms with van der Waals surface area (Å²) in [4.78, 5) is 0. The Labute approximate surface area is 41.7 Å². The molecule has 0 saturated heterocycles. The zero-order valence-electron chi connectivity index (χ0n) is 1.50. The zero-order valence-corrected chi connectivity index (χ0v) is 4.28. The van der Waals surface area contributed by atoms with Crippen LogP contribution in [0.15, 0.2) is 0 Å². The third-order valence-electron chi connectivity index (χ3n) is 0. The van der Waals surface area contributed by atoms with Gasteiger partial charge in [-0.15, -0.1) is 0 Å². The van der Waals surface area contributed by atoms with Crippen LogP contribution in [0.2, 0.25) is 0 Å². The molecule has 0 heterocycles. The van der Waals surface area contributed by atoms with Crippen molar-refractivity contribution in [3.05, 3.63) is 0 Å². The molecule has 0 aromatic carbocycles. The van der Waals surface area contributed by atoms with E-state index in [1.165, 1.54) is 0 Å². The van der Waals surface area contributed by atoms with Gasteiger partial charge in [0.25, 0.3) is 0 Å². The minimum atomic E-state index is 1.10. The third-order valence-corrected chi connectivity index (χ3v) is 0. The van der Waals surface area contributed by atoms with Crippen molar-refractivity contribution in [1.29, 1.82) is 0 Å². The fourth-order valence-electron chi connectivity index (χ4n) is 0. The van der Waals surface area contributed by atoms with Crippen LogP contribution in [0.1, 0.15) is 0 Å². The van der Waals surface area contributed by atoms with Crippen molar-refractivity contribution in [1.82, 2.24) is 0 Å². The summed E-state index contributed by atoms with van der Waals surface area (Å²) in [6, 6.07) is 0. The molecule has 0 fully saturated rings. The van der Waals surface area contributed by atoms with E-state index in [0.29, 0.717) is 0 Å². The van der Waals surface area contributed by atoms with Gasteiger partial charge >= 0.3 is 41.4 Å². The van der Waals surface area contributed by atoms with E-state index in [1.807, 2.05) is 0 Å². The molecule has 29 valence electrons. The third kappa shape index (κ3) is 15.3. The van der Waals surface area contributed by atoms with Gasteiger partial charge in [-0.1, -0.05) is 0 Å². The summed E-state index contributed by atoms with van der Waals surface area (Å²) in [7, 11) is 0. The van der Waals surface area contributed by atoms with E-state index in [9.17, 15) is 0 Å². The molecular weight excluding hydrogens is 192 g/mol.